The molecule has 0 spiro atoms. The van der Waals surface area contributed by atoms with E-state index in [9.17, 15) is 5.11 Å². The van der Waals surface area contributed by atoms with E-state index in [1.807, 2.05) is 18.3 Å². The van der Waals surface area contributed by atoms with Gasteiger partial charge in [-0.2, -0.15) is 0 Å². The van der Waals surface area contributed by atoms with Crippen LogP contribution in [0.4, 0.5) is 0 Å². The van der Waals surface area contributed by atoms with Gasteiger partial charge in [0.2, 0.25) is 0 Å². The highest BCUT2D eigenvalue weighted by Crippen LogP contribution is 2.24. The largest absolute Gasteiger partial charge is 0.396 e. The van der Waals surface area contributed by atoms with Crippen molar-refractivity contribution in [3.8, 4) is 11.3 Å². The van der Waals surface area contributed by atoms with Crippen molar-refractivity contribution in [1.82, 2.24) is 14.5 Å². The van der Waals surface area contributed by atoms with E-state index in [0.29, 0.717) is 5.92 Å². The second kappa shape index (κ2) is 4.30. The molecule has 0 saturated carbocycles. The van der Waals surface area contributed by atoms with Crippen LogP contribution in [0, 0.1) is 5.92 Å². The topological polar surface area (TPSA) is 50.9 Å². The summed E-state index contributed by atoms with van der Waals surface area (Å²) in [4.78, 5) is 8.74. The highest BCUT2D eigenvalue weighted by atomic mass is 16.3. The Morgan fingerprint density at radius 3 is 3.18 bits per heavy atom. The fourth-order valence-electron chi connectivity index (χ4n) is 2.32. The number of aliphatic hydroxyl groups excluding tert-OH is 1. The molecule has 1 unspecified atom stereocenters. The van der Waals surface area contributed by atoms with Crippen molar-refractivity contribution in [3.05, 3.63) is 36.5 Å². The summed E-state index contributed by atoms with van der Waals surface area (Å²) in [6.45, 7) is 1.14. The predicted molar refractivity (Wildman–Crippen MR) is 64.4 cm³/mol. The maximum atomic E-state index is 9.20. The Bertz CT molecular complexity index is 507. The fraction of sp³-hybridized carbons (Fsp3) is 0.385. The van der Waals surface area contributed by atoms with E-state index >= 15 is 0 Å². The minimum atomic E-state index is 0.264. The molecule has 4 nitrogen and oxygen atoms in total. The molecule has 1 aliphatic heterocycles. The van der Waals surface area contributed by atoms with Crippen LogP contribution < -0.4 is 0 Å². The normalized spacial score (nSPS) is 19.0. The quantitative estimate of drug-likeness (QED) is 0.849. The Morgan fingerprint density at radius 1 is 1.47 bits per heavy atom. The van der Waals surface area contributed by atoms with Crippen LogP contribution in [-0.2, 0) is 13.0 Å². The molecule has 0 saturated heterocycles. The van der Waals surface area contributed by atoms with Gasteiger partial charge in [0.1, 0.15) is 5.82 Å². The monoisotopic (exact) mass is 229 g/mol. The molecule has 0 aromatic carbocycles. The maximum absolute atomic E-state index is 9.20. The van der Waals surface area contributed by atoms with Crippen LogP contribution in [-0.4, -0.2) is 26.2 Å². The van der Waals surface area contributed by atoms with Crippen molar-refractivity contribution in [2.75, 3.05) is 6.61 Å². The number of hydrogen-bond acceptors (Lipinski definition) is 3. The standard InChI is InChI=1S/C13H15N3O/c17-9-10-3-4-13-15-12(8-16(13)7-10)11-2-1-5-14-6-11/h1-2,5-6,8,10,17H,3-4,7,9H2. The van der Waals surface area contributed by atoms with Crippen LogP contribution >= 0.6 is 0 Å². The Labute approximate surface area is 100.0 Å². The Kier molecular flexibility index (Phi) is 2.65. The first-order valence-electron chi connectivity index (χ1n) is 5.94. The van der Waals surface area contributed by atoms with Crippen molar-refractivity contribution >= 4 is 0 Å². The molecule has 1 aliphatic rings. The summed E-state index contributed by atoms with van der Waals surface area (Å²) >= 11 is 0. The summed E-state index contributed by atoms with van der Waals surface area (Å²) in [6.07, 6.45) is 7.64. The summed E-state index contributed by atoms with van der Waals surface area (Å²) < 4.78 is 2.16. The second-order valence-electron chi connectivity index (χ2n) is 4.52. The number of imidazole rings is 1. The van der Waals surface area contributed by atoms with Crippen LogP contribution in [0.15, 0.2) is 30.7 Å². The molecule has 0 fully saturated rings. The molecular weight excluding hydrogens is 214 g/mol. The number of pyridine rings is 1. The third kappa shape index (κ3) is 1.96. The first kappa shape index (κ1) is 10.5. The van der Waals surface area contributed by atoms with Gasteiger partial charge < -0.3 is 9.67 Å². The molecule has 2 aromatic rings. The van der Waals surface area contributed by atoms with Gasteiger partial charge in [0.25, 0.3) is 0 Å². The van der Waals surface area contributed by atoms with Crippen LogP contribution in [0.25, 0.3) is 11.3 Å². The van der Waals surface area contributed by atoms with E-state index in [0.717, 1.165) is 36.5 Å². The summed E-state index contributed by atoms with van der Waals surface area (Å²) in [5, 5.41) is 9.20. The minimum absolute atomic E-state index is 0.264. The summed E-state index contributed by atoms with van der Waals surface area (Å²) in [5.41, 5.74) is 2.03. The number of aryl methyl sites for hydroxylation is 1. The van der Waals surface area contributed by atoms with Gasteiger partial charge in [-0.1, -0.05) is 0 Å². The van der Waals surface area contributed by atoms with Gasteiger partial charge in [0, 0.05) is 49.6 Å². The van der Waals surface area contributed by atoms with Crippen LogP contribution in [0.3, 0.4) is 0 Å². The molecule has 0 aliphatic carbocycles. The lowest BCUT2D eigenvalue weighted by molar-refractivity contribution is 0.190. The van der Waals surface area contributed by atoms with Gasteiger partial charge in [0.15, 0.2) is 0 Å². The molecule has 4 heteroatoms. The summed E-state index contributed by atoms with van der Waals surface area (Å²) in [6, 6.07) is 3.94. The van der Waals surface area contributed by atoms with Crippen molar-refractivity contribution < 1.29 is 5.11 Å². The second-order valence-corrected chi connectivity index (χ2v) is 4.52. The molecule has 1 atom stereocenters. The summed E-state index contributed by atoms with van der Waals surface area (Å²) in [7, 11) is 0. The predicted octanol–water partition coefficient (Wildman–Crippen LogP) is 1.50. The summed E-state index contributed by atoms with van der Waals surface area (Å²) in [5.74, 6) is 1.49. The molecule has 1 N–H and O–H groups in total. The number of aromatic nitrogens is 3. The van der Waals surface area contributed by atoms with Crippen LogP contribution in [0.1, 0.15) is 12.2 Å². The fourth-order valence-corrected chi connectivity index (χ4v) is 2.32. The van der Waals surface area contributed by atoms with Gasteiger partial charge in [-0.25, -0.2) is 4.98 Å². The maximum Gasteiger partial charge on any atom is 0.109 e. The number of nitrogens with zero attached hydrogens (tertiary/aromatic N) is 3. The van der Waals surface area contributed by atoms with Gasteiger partial charge in [-0.05, 0) is 18.6 Å². The average molecular weight is 229 g/mol. The van der Waals surface area contributed by atoms with Gasteiger partial charge >= 0.3 is 0 Å². The van der Waals surface area contributed by atoms with Gasteiger partial charge in [-0.15, -0.1) is 0 Å². The highest BCUT2D eigenvalue weighted by molar-refractivity contribution is 5.57. The molecule has 0 radical (unpaired) electrons. The molecule has 2 aromatic heterocycles. The first-order chi connectivity index (χ1) is 8.36. The lowest BCUT2D eigenvalue weighted by Gasteiger charge is -2.21. The van der Waals surface area contributed by atoms with E-state index in [1.165, 1.54) is 0 Å². The number of hydrogen-bond donors (Lipinski definition) is 1. The zero-order chi connectivity index (χ0) is 11.7. The third-order valence-electron chi connectivity index (χ3n) is 3.31. The van der Waals surface area contributed by atoms with Crippen molar-refractivity contribution in [2.45, 2.75) is 19.4 Å². The molecule has 17 heavy (non-hydrogen) atoms. The smallest absolute Gasteiger partial charge is 0.109 e. The Hall–Kier alpha value is -1.68. The zero-order valence-corrected chi connectivity index (χ0v) is 9.58. The molecule has 88 valence electrons. The molecule has 0 amide bonds. The molecule has 3 heterocycles. The van der Waals surface area contributed by atoms with Gasteiger partial charge in [0.05, 0.1) is 5.69 Å². The molecule has 0 bridgehead atoms. The van der Waals surface area contributed by atoms with E-state index in [-0.39, 0.29) is 6.61 Å². The Morgan fingerprint density at radius 2 is 2.41 bits per heavy atom. The van der Waals surface area contributed by atoms with Crippen molar-refractivity contribution in [2.24, 2.45) is 5.92 Å². The Balaban J connectivity index is 1.93. The lowest BCUT2D eigenvalue weighted by atomic mass is 10.0. The van der Waals surface area contributed by atoms with E-state index < -0.39 is 0 Å². The van der Waals surface area contributed by atoms with Crippen LogP contribution in [0.5, 0.6) is 0 Å². The number of fused-ring (bicyclic) bond motifs is 1. The SMILES string of the molecule is OCC1CCc2nc(-c3cccnc3)cn2C1. The zero-order valence-electron chi connectivity index (χ0n) is 9.58. The number of aliphatic hydroxyl groups is 1. The highest BCUT2D eigenvalue weighted by Gasteiger charge is 2.19. The van der Waals surface area contributed by atoms with Crippen molar-refractivity contribution in [3.63, 3.8) is 0 Å². The molecular formula is C13H15N3O. The van der Waals surface area contributed by atoms with E-state index in [1.54, 1.807) is 6.20 Å². The van der Waals surface area contributed by atoms with Crippen LogP contribution in [0.2, 0.25) is 0 Å². The third-order valence-corrected chi connectivity index (χ3v) is 3.31. The number of rotatable bonds is 2. The average Bonchev–Trinajstić information content (AvgIpc) is 2.82. The van der Waals surface area contributed by atoms with Gasteiger partial charge in [-0.3, -0.25) is 4.98 Å². The van der Waals surface area contributed by atoms with Crippen molar-refractivity contribution in [1.29, 1.82) is 0 Å². The molecule has 3 rings (SSSR count). The van der Waals surface area contributed by atoms with E-state index in [2.05, 4.69) is 20.7 Å². The first-order valence-corrected chi connectivity index (χ1v) is 5.94. The van der Waals surface area contributed by atoms with E-state index in [4.69, 9.17) is 0 Å². The minimum Gasteiger partial charge on any atom is -0.396 e. The lowest BCUT2D eigenvalue weighted by Crippen LogP contribution is -2.22.